The molecule has 182 valence electrons. The number of hydrogen-bond donors (Lipinski definition) is 1. The molecule has 0 bridgehead atoms. The van der Waals surface area contributed by atoms with Gasteiger partial charge in [-0.25, -0.2) is 17.2 Å². The van der Waals surface area contributed by atoms with Crippen LogP contribution in [-0.2, 0) is 21.2 Å². The number of anilines is 2. The van der Waals surface area contributed by atoms with Crippen molar-refractivity contribution in [1.29, 1.82) is 0 Å². The monoisotopic (exact) mass is 497 g/mol. The Labute approximate surface area is 203 Å². The summed E-state index contributed by atoms with van der Waals surface area (Å²) in [5.41, 5.74) is 2.92. The largest absolute Gasteiger partial charge is 0.380 e. The second kappa shape index (κ2) is 9.05. The van der Waals surface area contributed by atoms with Gasteiger partial charge in [-0.2, -0.15) is 4.31 Å². The molecule has 2 unspecified atom stereocenters. The lowest BCUT2D eigenvalue weighted by molar-refractivity contribution is -0.116. The fourth-order valence-corrected chi connectivity index (χ4v) is 6.51. The summed E-state index contributed by atoms with van der Waals surface area (Å²) in [6.45, 7) is 2.43. The van der Waals surface area contributed by atoms with Crippen LogP contribution in [0.3, 0.4) is 0 Å². The van der Waals surface area contributed by atoms with Crippen LogP contribution in [0.2, 0.25) is 0 Å². The Kier molecular flexibility index (Phi) is 6.06. The molecule has 3 aromatic carbocycles. The summed E-state index contributed by atoms with van der Waals surface area (Å²) < 4.78 is 55.9. The molecular weight excluding hydrogens is 472 g/mol. The van der Waals surface area contributed by atoms with Gasteiger partial charge in [0.15, 0.2) is 11.6 Å². The Hall–Kier alpha value is -3.30. The standard InChI is InChI=1S/C26H25F2N3O3S/c1-17(32)31-12-11-19-13-21(8-10-26(19)31)35(33,34)30-15-22(18-5-3-2-4-6-18)25(16-30)29-20-7-9-23(27)24(28)14-20/h2-10,13-14,22,25,29H,11-12,15-16H2,1H3. The van der Waals surface area contributed by atoms with Crippen LogP contribution in [0.15, 0.2) is 71.6 Å². The van der Waals surface area contributed by atoms with E-state index in [9.17, 15) is 22.0 Å². The Morgan fingerprint density at radius 1 is 0.971 bits per heavy atom. The van der Waals surface area contributed by atoms with E-state index >= 15 is 0 Å². The summed E-state index contributed by atoms with van der Waals surface area (Å²) in [5, 5.41) is 3.21. The predicted octanol–water partition coefficient (Wildman–Crippen LogP) is 4.14. The number of nitrogens with one attached hydrogen (secondary N) is 1. The van der Waals surface area contributed by atoms with Gasteiger partial charge >= 0.3 is 0 Å². The number of hydrogen-bond acceptors (Lipinski definition) is 4. The number of amides is 1. The molecule has 1 saturated heterocycles. The van der Waals surface area contributed by atoms with Gasteiger partial charge in [0.2, 0.25) is 15.9 Å². The van der Waals surface area contributed by atoms with Crippen LogP contribution in [-0.4, -0.2) is 44.3 Å². The van der Waals surface area contributed by atoms with Crippen molar-refractivity contribution in [2.75, 3.05) is 29.9 Å². The van der Waals surface area contributed by atoms with Gasteiger partial charge in [0.05, 0.1) is 4.90 Å². The van der Waals surface area contributed by atoms with Gasteiger partial charge in [0.1, 0.15) is 0 Å². The number of carbonyl (C=O) groups excluding carboxylic acids is 1. The zero-order valence-electron chi connectivity index (χ0n) is 19.1. The van der Waals surface area contributed by atoms with E-state index in [1.54, 1.807) is 23.1 Å². The van der Waals surface area contributed by atoms with E-state index in [1.807, 2.05) is 30.3 Å². The third kappa shape index (κ3) is 4.41. The molecule has 3 aromatic rings. The number of carbonyl (C=O) groups is 1. The van der Waals surface area contributed by atoms with Crippen molar-refractivity contribution in [3.8, 4) is 0 Å². The van der Waals surface area contributed by atoms with E-state index in [-0.39, 0.29) is 35.9 Å². The molecule has 2 aliphatic rings. The first-order valence-electron chi connectivity index (χ1n) is 11.4. The second-order valence-corrected chi connectivity index (χ2v) is 10.9. The van der Waals surface area contributed by atoms with Gasteiger partial charge in [-0.1, -0.05) is 30.3 Å². The highest BCUT2D eigenvalue weighted by atomic mass is 32.2. The molecule has 0 aromatic heterocycles. The molecule has 2 atom stereocenters. The molecule has 0 saturated carbocycles. The quantitative estimate of drug-likeness (QED) is 0.575. The number of nitrogens with zero attached hydrogens (tertiary/aromatic N) is 2. The van der Waals surface area contributed by atoms with Crippen LogP contribution < -0.4 is 10.2 Å². The van der Waals surface area contributed by atoms with Gasteiger partial charge in [-0.15, -0.1) is 0 Å². The zero-order chi connectivity index (χ0) is 24.7. The van der Waals surface area contributed by atoms with Gasteiger partial charge < -0.3 is 10.2 Å². The number of benzene rings is 3. The van der Waals surface area contributed by atoms with Gasteiger partial charge in [0.25, 0.3) is 0 Å². The van der Waals surface area contributed by atoms with Crippen LogP contribution in [0.1, 0.15) is 24.0 Å². The van der Waals surface area contributed by atoms with Crippen molar-refractivity contribution in [2.45, 2.75) is 30.2 Å². The van der Waals surface area contributed by atoms with Crippen molar-refractivity contribution in [1.82, 2.24) is 4.31 Å². The molecule has 5 rings (SSSR count). The highest BCUT2D eigenvalue weighted by Gasteiger charge is 2.40. The number of sulfonamides is 1. The molecular formula is C26H25F2N3O3S. The van der Waals surface area contributed by atoms with E-state index in [0.29, 0.717) is 18.7 Å². The summed E-state index contributed by atoms with van der Waals surface area (Å²) in [7, 11) is -3.82. The third-order valence-corrected chi connectivity index (χ3v) is 8.58. The van der Waals surface area contributed by atoms with Gasteiger partial charge in [0, 0.05) is 56.0 Å². The van der Waals surface area contributed by atoms with Crippen molar-refractivity contribution in [3.05, 3.63) is 89.5 Å². The Morgan fingerprint density at radius 3 is 2.46 bits per heavy atom. The molecule has 0 radical (unpaired) electrons. The first-order valence-corrected chi connectivity index (χ1v) is 12.9. The topological polar surface area (TPSA) is 69.7 Å². The summed E-state index contributed by atoms with van der Waals surface area (Å²) in [4.78, 5) is 13.7. The van der Waals surface area contributed by atoms with Crippen LogP contribution in [0.4, 0.5) is 20.2 Å². The lowest BCUT2D eigenvalue weighted by atomic mass is 9.94. The maximum absolute atomic E-state index is 13.8. The number of rotatable bonds is 5. The summed E-state index contributed by atoms with van der Waals surface area (Å²) in [5.74, 6) is -2.17. The van der Waals surface area contributed by atoms with Gasteiger partial charge in [-0.3, -0.25) is 4.79 Å². The Morgan fingerprint density at radius 2 is 1.74 bits per heavy atom. The molecule has 1 amide bonds. The average Bonchev–Trinajstić information content (AvgIpc) is 3.46. The minimum atomic E-state index is -3.82. The normalized spacial score (nSPS) is 20.1. The Bertz CT molecular complexity index is 1380. The number of fused-ring (bicyclic) bond motifs is 1. The Balaban J connectivity index is 1.44. The molecule has 35 heavy (non-hydrogen) atoms. The van der Waals surface area contributed by atoms with Crippen LogP contribution in [0.5, 0.6) is 0 Å². The van der Waals surface area contributed by atoms with E-state index < -0.39 is 21.7 Å². The lowest BCUT2D eigenvalue weighted by Gasteiger charge is -2.21. The minimum Gasteiger partial charge on any atom is -0.380 e. The first-order chi connectivity index (χ1) is 16.7. The zero-order valence-corrected chi connectivity index (χ0v) is 19.9. The summed E-state index contributed by atoms with van der Waals surface area (Å²) in [6, 6.07) is 17.7. The lowest BCUT2D eigenvalue weighted by Crippen LogP contribution is -2.32. The predicted molar refractivity (Wildman–Crippen MR) is 130 cm³/mol. The smallest absolute Gasteiger partial charge is 0.243 e. The first kappa shape index (κ1) is 23.4. The van der Waals surface area contributed by atoms with E-state index in [2.05, 4.69) is 5.32 Å². The van der Waals surface area contributed by atoms with Crippen LogP contribution >= 0.6 is 0 Å². The van der Waals surface area contributed by atoms with Crippen molar-refractivity contribution >= 4 is 27.3 Å². The highest BCUT2D eigenvalue weighted by molar-refractivity contribution is 7.89. The van der Waals surface area contributed by atoms with E-state index in [0.717, 1.165) is 28.9 Å². The third-order valence-electron chi connectivity index (χ3n) is 6.75. The minimum absolute atomic E-state index is 0.0734. The molecule has 1 N–H and O–H groups in total. The SMILES string of the molecule is CC(=O)N1CCc2cc(S(=O)(=O)N3CC(Nc4ccc(F)c(F)c4)C(c4ccccc4)C3)ccc21. The maximum Gasteiger partial charge on any atom is 0.243 e. The molecule has 0 spiro atoms. The number of halogens is 2. The van der Waals surface area contributed by atoms with Gasteiger partial charge in [-0.05, 0) is 47.9 Å². The summed E-state index contributed by atoms with van der Waals surface area (Å²) >= 11 is 0. The average molecular weight is 498 g/mol. The van der Waals surface area contributed by atoms with Crippen LogP contribution in [0.25, 0.3) is 0 Å². The highest BCUT2D eigenvalue weighted by Crippen LogP contribution is 2.36. The van der Waals surface area contributed by atoms with Crippen molar-refractivity contribution in [2.24, 2.45) is 0 Å². The molecule has 2 aliphatic heterocycles. The molecule has 1 fully saturated rings. The van der Waals surface area contributed by atoms with E-state index in [1.165, 1.54) is 17.3 Å². The summed E-state index contributed by atoms with van der Waals surface area (Å²) in [6.07, 6.45) is 0.602. The van der Waals surface area contributed by atoms with Crippen molar-refractivity contribution in [3.63, 3.8) is 0 Å². The fraction of sp³-hybridized carbons (Fsp3) is 0.269. The molecule has 9 heteroatoms. The molecule has 0 aliphatic carbocycles. The molecule has 6 nitrogen and oxygen atoms in total. The molecule has 2 heterocycles. The van der Waals surface area contributed by atoms with Crippen molar-refractivity contribution < 1.29 is 22.0 Å². The maximum atomic E-state index is 13.8. The fourth-order valence-electron chi connectivity index (χ4n) is 4.96. The van der Waals surface area contributed by atoms with Crippen LogP contribution in [0, 0.1) is 11.6 Å². The second-order valence-electron chi connectivity index (χ2n) is 8.93. The van der Waals surface area contributed by atoms with E-state index in [4.69, 9.17) is 0 Å².